The van der Waals surface area contributed by atoms with Gasteiger partial charge in [-0.1, -0.05) is 34.5 Å². The van der Waals surface area contributed by atoms with Gasteiger partial charge in [-0.25, -0.2) is 4.79 Å². The summed E-state index contributed by atoms with van der Waals surface area (Å²) in [7, 11) is 1.34. The molecule has 0 atom stereocenters. The molecule has 0 N–H and O–H groups in total. The maximum Gasteiger partial charge on any atom is 0.337 e. The number of esters is 1. The molecule has 0 radical (unpaired) electrons. The van der Waals surface area contributed by atoms with Crippen LogP contribution in [0.25, 0.3) is 10.2 Å². The van der Waals surface area contributed by atoms with Gasteiger partial charge in [-0.3, -0.25) is 4.79 Å². The highest BCUT2D eigenvalue weighted by atomic mass is 35.5. The van der Waals surface area contributed by atoms with E-state index in [9.17, 15) is 9.59 Å². The lowest BCUT2D eigenvalue weighted by atomic mass is 10.2. The maximum absolute atomic E-state index is 12.7. The van der Waals surface area contributed by atoms with Gasteiger partial charge in [-0.2, -0.15) is 16.8 Å². The molecule has 1 aromatic heterocycles. The number of thiazole rings is 1. The van der Waals surface area contributed by atoms with Crippen LogP contribution >= 0.6 is 46.3 Å². The first kappa shape index (κ1) is 20.9. The molecule has 3 aromatic rings. The van der Waals surface area contributed by atoms with Crippen molar-refractivity contribution in [1.82, 2.24) is 4.57 Å². The summed E-state index contributed by atoms with van der Waals surface area (Å²) in [6, 6.07) is 9.99. The monoisotopic (exact) mass is 454 g/mol. The average Bonchev–Trinajstić information content (AvgIpc) is 3.03. The van der Waals surface area contributed by atoms with Crippen LogP contribution in [0.1, 0.15) is 20.7 Å². The Morgan fingerprint density at radius 3 is 2.71 bits per heavy atom. The van der Waals surface area contributed by atoms with E-state index in [-0.39, 0.29) is 5.56 Å². The van der Waals surface area contributed by atoms with Crippen LogP contribution in [0.15, 0.2) is 41.4 Å². The number of aromatic nitrogens is 1. The minimum atomic E-state index is -0.467. The molecule has 146 valence electrons. The molecule has 1 amide bonds. The van der Waals surface area contributed by atoms with Gasteiger partial charge in [0.25, 0.3) is 5.91 Å². The van der Waals surface area contributed by atoms with E-state index in [2.05, 4.69) is 4.99 Å². The zero-order chi connectivity index (χ0) is 20.3. The fourth-order valence-electron chi connectivity index (χ4n) is 2.61. The molecule has 1 heterocycles. The second-order valence-corrected chi connectivity index (χ2v) is 8.58. The van der Waals surface area contributed by atoms with Crippen LogP contribution < -0.4 is 4.80 Å². The first-order valence-electron chi connectivity index (χ1n) is 8.19. The number of halogens is 2. The molecule has 3 rings (SSSR count). The lowest BCUT2D eigenvalue weighted by molar-refractivity contribution is 0.0601. The number of hydrogen-bond acceptors (Lipinski definition) is 5. The Balaban J connectivity index is 2.14. The Morgan fingerprint density at radius 2 is 2.00 bits per heavy atom. The van der Waals surface area contributed by atoms with Crippen molar-refractivity contribution in [2.24, 2.45) is 4.99 Å². The van der Waals surface area contributed by atoms with E-state index in [1.165, 1.54) is 24.5 Å². The smallest absolute Gasteiger partial charge is 0.337 e. The largest absolute Gasteiger partial charge is 0.465 e. The first-order valence-corrected chi connectivity index (χ1v) is 11.2. The molecule has 9 heteroatoms. The van der Waals surface area contributed by atoms with E-state index in [0.717, 1.165) is 16.0 Å². The first-order chi connectivity index (χ1) is 13.4. The Hall–Kier alpha value is -1.80. The second-order valence-electron chi connectivity index (χ2n) is 5.74. The van der Waals surface area contributed by atoms with E-state index in [1.54, 1.807) is 36.0 Å². The van der Waals surface area contributed by atoms with Crippen molar-refractivity contribution >= 4 is 68.4 Å². The Kier molecular flexibility index (Phi) is 6.82. The molecule has 0 spiro atoms. The van der Waals surface area contributed by atoms with Gasteiger partial charge in [0.05, 0.1) is 33.5 Å². The van der Waals surface area contributed by atoms with Gasteiger partial charge in [0.2, 0.25) is 0 Å². The minimum absolute atomic E-state index is 0.248. The number of amides is 1. The normalized spacial score (nSPS) is 11.8. The van der Waals surface area contributed by atoms with Gasteiger partial charge in [-0.15, -0.1) is 0 Å². The molecular weight excluding hydrogens is 439 g/mol. The average molecular weight is 455 g/mol. The van der Waals surface area contributed by atoms with Crippen LogP contribution in [0.5, 0.6) is 0 Å². The zero-order valence-corrected chi connectivity index (χ0v) is 18.2. The molecule has 0 saturated carbocycles. The Bertz CT molecular complexity index is 1120. The molecule has 0 unspecified atom stereocenters. The summed E-state index contributed by atoms with van der Waals surface area (Å²) in [5.41, 5.74) is 1.60. The topological polar surface area (TPSA) is 60.7 Å². The fraction of sp³-hybridized carbons (Fsp3) is 0.211. The molecule has 0 bridgehead atoms. The van der Waals surface area contributed by atoms with Gasteiger partial charge in [0.15, 0.2) is 4.80 Å². The van der Waals surface area contributed by atoms with E-state index in [4.69, 9.17) is 27.9 Å². The molecule has 0 aliphatic carbocycles. The standard InChI is InChI=1S/C19H16Cl2N2O3S2/c1-26-18(25)11-3-6-15-16(9-11)28-19(23(15)7-8-27-2)22-17(24)13-10-12(20)4-5-14(13)21/h3-6,9-10H,7-8H2,1-2H3. The zero-order valence-electron chi connectivity index (χ0n) is 15.1. The number of ether oxygens (including phenoxy) is 1. The van der Waals surface area contributed by atoms with Crippen molar-refractivity contribution in [2.75, 3.05) is 19.1 Å². The molecule has 2 aromatic carbocycles. The van der Waals surface area contributed by atoms with Crippen molar-refractivity contribution in [1.29, 1.82) is 0 Å². The summed E-state index contributed by atoms with van der Waals surface area (Å²) >= 11 is 15.1. The molecular formula is C19H16Cl2N2O3S2. The van der Waals surface area contributed by atoms with Crippen molar-refractivity contribution in [3.8, 4) is 0 Å². The highest BCUT2D eigenvalue weighted by molar-refractivity contribution is 7.98. The SMILES string of the molecule is COC(=O)c1ccc2c(c1)sc(=NC(=O)c1cc(Cl)ccc1Cl)n2CCSC. The highest BCUT2D eigenvalue weighted by Gasteiger charge is 2.14. The van der Waals surface area contributed by atoms with Crippen LogP contribution in [0.2, 0.25) is 10.0 Å². The Morgan fingerprint density at radius 1 is 1.21 bits per heavy atom. The van der Waals surface area contributed by atoms with E-state index < -0.39 is 11.9 Å². The molecule has 0 saturated heterocycles. The number of rotatable bonds is 5. The van der Waals surface area contributed by atoms with Crippen molar-refractivity contribution in [3.63, 3.8) is 0 Å². The van der Waals surface area contributed by atoms with Crippen LogP contribution in [0, 0.1) is 0 Å². The molecule has 28 heavy (non-hydrogen) atoms. The van der Waals surface area contributed by atoms with Gasteiger partial charge in [-0.05, 0) is 42.7 Å². The predicted octanol–water partition coefficient (Wildman–Crippen LogP) is 4.90. The molecule has 0 aliphatic heterocycles. The van der Waals surface area contributed by atoms with Crippen LogP contribution in [-0.4, -0.2) is 35.6 Å². The number of fused-ring (bicyclic) bond motifs is 1. The molecule has 5 nitrogen and oxygen atoms in total. The van der Waals surface area contributed by atoms with Crippen molar-refractivity contribution in [2.45, 2.75) is 6.54 Å². The Labute approximate surface area is 179 Å². The fourth-order valence-corrected chi connectivity index (χ4v) is 4.44. The number of thioether (sulfide) groups is 1. The summed E-state index contributed by atoms with van der Waals surface area (Å²) in [5.74, 6) is -0.0273. The second kappa shape index (κ2) is 9.13. The van der Waals surface area contributed by atoms with E-state index >= 15 is 0 Å². The molecule has 0 fully saturated rings. The summed E-state index contributed by atoms with van der Waals surface area (Å²) in [4.78, 5) is 29.4. The third-order valence-electron chi connectivity index (χ3n) is 3.98. The van der Waals surface area contributed by atoms with Crippen LogP contribution in [-0.2, 0) is 11.3 Å². The van der Waals surface area contributed by atoms with Crippen LogP contribution in [0.4, 0.5) is 0 Å². The van der Waals surface area contributed by atoms with Gasteiger partial charge >= 0.3 is 5.97 Å². The number of carbonyl (C=O) groups is 2. The lowest BCUT2D eigenvalue weighted by Crippen LogP contribution is -2.18. The highest BCUT2D eigenvalue weighted by Crippen LogP contribution is 2.23. The number of carbonyl (C=O) groups excluding carboxylic acids is 2. The summed E-state index contributed by atoms with van der Waals surface area (Å²) in [6.45, 7) is 0.675. The van der Waals surface area contributed by atoms with Crippen molar-refractivity contribution in [3.05, 3.63) is 62.4 Å². The third-order valence-corrected chi connectivity index (χ3v) is 6.18. The number of aryl methyl sites for hydroxylation is 1. The number of nitrogens with zero attached hydrogens (tertiary/aromatic N) is 2. The summed E-state index contributed by atoms with van der Waals surface area (Å²) in [5, 5.41) is 0.708. The minimum Gasteiger partial charge on any atom is -0.465 e. The quantitative estimate of drug-likeness (QED) is 0.514. The van der Waals surface area contributed by atoms with Gasteiger partial charge in [0.1, 0.15) is 0 Å². The number of methoxy groups -OCH3 is 1. The predicted molar refractivity (Wildman–Crippen MR) is 116 cm³/mol. The van der Waals surface area contributed by atoms with Crippen molar-refractivity contribution < 1.29 is 14.3 Å². The number of benzene rings is 2. The van der Waals surface area contributed by atoms with E-state index in [1.807, 2.05) is 16.9 Å². The summed E-state index contributed by atoms with van der Waals surface area (Å²) in [6.07, 6.45) is 2.01. The lowest BCUT2D eigenvalue weighted by Gasteiger charge is -2.05. The van der Waals surface area contributed by atoms with Gasteiger partial charge in [0, 0.05) is 17.3 Å². The number of hydrogen-bond donors (Lipinski definition) is 0. The van der Waals surface area contributed by atoms with Gasteiger partial charge < -0.3 is 9.30 Å². The maximum atomic E-state index is 12.7. The summed E-state index contributed by atoms with van der Waals surface area (Å²) < 4.78 is 7.59. The molecule has 0 aliphatic rings. The third kappa shape index (κ3) is 4.43. The van der Waals surface area contributed by atoms with Crippen LogP contribution in [0.3, 0.4) is 0 Å². The van der Waals surface area contributed by atoms with E-state index in [0.29, 0.717) is 27.0 Å².